The van der Waals surface area contributed by atoms with E-state index in [9.17, 15) is 14.4 Å². The van der Waals surface area contributed by atoms with Crippen molar-refractivity contribution in [2.45, 2.75) is 168 Å². The molecular formula is C55H82O6. The van der Waals surface area contributed by atoms with Crippen LogP contribution in [0.15, 0.2) is 146 Å². The maximum atomic E-state index is 12.7. The van der Waals surface area contributed by atoms with Gasteiger partial charge in [0.1, 0.15) is 13.2 Å². The highest BCUT2D eigenvalue weighted by Crippen LogP contribution is 2.10. The van der Waals surface area contributed by atoms with Crippen molar-refractivity contribution in [3.05, 3.63) is 146 Å². The van der Waals surface area contributed by atoms with Crippen LogP contribution in [-0.4, -0.2) is 37.2 Å². The van der Waals surface area contributed by atoms with E-state index in [0.717, 1.165) is 77.0 Å². The first kappa shape index (κ1) is 56.3. The van der Waals surface area contributed by atoms with Crippen LogP contribution in [-0.2, 0) is 28.6 Å². The Labute approximate surface area is 372 Å². The van der Waals surface area contributed by atoms with Gasteiger partial charge in [-0.25, -0.2) is 0 Å². The molecule has 0 saturated carbocycles. The molecular weight excluding hydrogens is 757 g/mol. The minimum atomic E-state index is -0.842. The van der Waals surface area contributed by atoms with Crippen LogP contribution < -0.4 is 0 Å². The average molecular weight is 839 g/mol. The summed E-state index contributed by atoms with van der Waals surface area (Å²) in [6.07, 6.45) is 68.4. The Morgan fingerprint density at radius 1 is 0.361 bits per heavy atom. The van der Waals surface area contributed by atoms with Gasteiger partial charge in [0, 0.05) is 19.3 Å². The fraction of sp³-hybridized carbons (Fsp3) is 0.509. The van der Waals surface area contributed by atoms with Gasteiger partial charge in [0.2, 0.25) is 0 Å². The highest BCUT2D eigenvalue weighted by molar-refractivity contribution is 5.71. The van der Waals surface area contributed by atoms with Crippen molar-refractivity contribution in [3.63, 3.8) is 0 Å². The summed E-state index contributed by atoms with van der Waals surface area (Å²) in [5, 5.41) is 0. The third kappa shape index (κ3) is 46.2. The van der Waals surface area contributed by atoms with Crippen LogP contribution in [0.5, 0.6) is 0 Å². The molecule has 1 unspecified atom stereocenters. The summed E-state index contributed by atoms with van der Waals surface area (Å²) in [4.78, 5) is 37.8. The van der Waals surface area contributed by atoms with Gasteiger partial charge >= 0.3 is 17.9 Å². The van der Waals surface area contributed by atoms with Crippen LogP contribution in [0, 0.1) is 0 Å². The first-order valence-electron chi connectivity index (χ1n) is 23.4. The second-order valence-electron chi connectivity index (χ2n) is 14.7. The Morgan fingerprint density at radius 2 is 0.721 bits per heavy atom. The largest absolute Gasteiger partial charge is 0.462 e. The van der Waals surface area contributed by atoms with E-state index in [1.54, 1.807) is 0 Å². The number of ether oxygens (including phenoxy) is 3. The van der Waals surface area contributed by atoms with E-state index in [2.05, 4.69) is 93.7 Å². The molecule has 0 saturated heterocycles. The summed E-state index contributed by atoms with van der Waals surface area (Å²) in [6, 6.07) is 0. The Kier molecular flexibility index (Phi) is 44.3. The molecule has 0 aromatic carbocycles. The van der Waals surface area contributed by atoms with E-state index < -0.39 is 6.10 Å². The molecule has 6 nitrogen and oxygen atoms in total. The molecule has 0 aliphatic rings. The molecule has 338 valence electrons. The lowest BCUT2D eigenvalue weighted by Crippen LogP contribution is -2.30. The van der Waals surface area contributed by atoms with Gasteiger partial charge in [0.15, 0.2) is 6.10 Å². The SMILES string of the molecule is CC\C=C/C=C\C=C/C=C\CCCCCC(=O)OCC(COC(=O)CCC/C=C\C/C=C\C/C=C\C/C=C\CCCCC)OC(=O)CCCCC\C=C/C=C\C=C/C=C\CC. The van der Waals surface area contributed by atoms with Crippen LogP contribution in [0.1, 0.15) is 162 Å². The van der Waals surface area contributed by atoms with Gasteiger partial charge < -0.3 is 14.2 Å². The summed E-state index contributed by atoms with van der Waals surface area (Å²) in [5.41, 5.74) is 0. The Hall–Kier alpha value is -4.71. The van der Waals surface area contributed by atoms with Crippen LogP contribution in [0.4, 0.5) is 0 Å². The minimum absolute atomic E-state index is 0.139. The summed E-state index contributed by atoms with van der Waals surface area (Å²) in [5.74, 6) is -1.09. The van der Waals surface area contributed by atoms with E-state index in [0.29, 0.717) is 19.3 Å². The van der Waals surface area contributed by atoms with Gasteiger partial charge in [-0.2, -0.15) is 0 Å². The number of allylic oxidation sites excluding steroid dienone is 24. The number of hydrogen-bond donors (Lipinski definition) is 0. The van der Waals surface area contributed by atoms with E-state index in [1.807, 2.05) is 72.9 Å². The average Bonchev–Trinajstić information content (AvgIpc) is 3.26. The van der Waals surface area contributed by atoms with E-state index in [-0.39, 0.29) is 50.4 Å². The number of unbranched alkanes of at least 4 members (excludes halogenated alkanes) is 10. The normalized spacial score (nSPS) is 13.4. The number of carbonyl (C=O) groups is 3. The van der Waals surface area contributed by atoms with Crippen LogP contribution in [0.3, 0.4) is 0 Å². The first-order chi connectivity index (χ1) is 30.0. The van der Waals surface area contributed by atoms with Gasteiger partial charge in [0.25, 0.3) is 0 Å². The molecule has 0 spiro atoms. The van der Waals surface area contributed by atoms with Crippen LogP contribution in [0.25, 0.3) is 0 Å². The lowest BCUT2D eigenvalue weighted by Gasteiger charge is -2.18. The molecule has 0 fully saturated rings. The zero-order valence-corrected chi connectivity index (χ0v) is 38.4. The maximum absolute atomic E-state index is 12.7. The molecule has 0 rings (SSSR count). The zero-order chi connectivity index (χ0) is 44.4. The Bertz CT molecular complexity index is 1430. The second-order valence-corrected chi connectivity index (χ2v) is 14.7. The number of hydrogen-bond acceptors (Lipinski definition) is 6. The summed E-state index contributed by atoms with van der Waals surface area (Å²) in [7, 11) is 0. The van der Waals surface area contributed by atoms with Crippen molar-refractivity contribution < 1.29 is 28.6 Å². The smallest absolute Gasteiger partial charge is 0.306 e. The van der Waals surface area contributed by atoms with Gasteiger partial charge in [-0.05, 0) is 96.3 Å². The predicted molar refractivity (Wildman–Crippen MR) is 260 cm³/mol. The van der Waals surface area contributed by atoms with Crippen molar-refractivity contribution in [3.8, 4) is 0 Å². The summed E-state index contributed by atoms with van der Waals surface area (Å²) >= 11 is 0. The molecule has 0 aromatic rings. The maximum Gasteiger partial charge on any atom is 0.306 e. The van der Waals surface area contributed by atoms with Crippen LogP contribution >= 0.6 is 0 Å². The van der Waals surface area contributed by atoms with E-state index in [4.69, 9.17) is 14.2 Å². The highest BCUT2D eigenvalue weighted by atomic mass is 16.6. The molecule has 0 aliphatic heterocycles. The molecule has 1 atom stereocenters. The fourth-order valence-corrected chi connectivity index (χ4v) is 5.51. The summed E-state index contributed by atoms with van der Waals surface area (Å²) in [6.45, 7) is 6.16. The Balaban J connectivity index is 4.63. The molecule has 6 heteroatoms. The van der Waals surface area contributed by atoms with Crippen molar-refractivity contribution in [2.24, 2.45) is 0 Å². The standard InChI is InChI=1S/C55H82O6/c1-4-7-10-13-16-19-22-25-26-27-28-31-33-36-39-42-45-48-54(57)60-51-52(61-55(58)49-46-43-40-37-34-30-24-21-18-15-12-9-6-3)50-59-53(56)47-44-41-38-35-32-29-23-20-17-14-11-8-5-2/h8-9,11-12,14-21,23-26,28-32,34,36,39,52H,4-7,10,13,22,27,33,35,37-38,40-51H2,1-3H3/b11-8-,12-9-,17-14-,18-15-,19-16-,23-20-,24-21-,26-25-,31-28-,32-29-,34-30-,39-36-. The van der Waals surface area contributed by atoms with Gasteiger partial charge in [-0.15, -0.1) is 0 Å². The topological polar surface area (TPSA) is 78.9 Å². The molecule has 0 heterocycles. The fourth-order valence-electron chi connectivity index (χ4n) is 5.51. The number of esters is 3. The minimum Gasteiger partial charge on any atom is -0.462 e. The Morgan fingerprint density at radius 3 is 1.18 bits per heavy atom. The molecule has 0 amide bonds. The molecule has 0 aromatic heterocycles. The quantitative estimate of drug-likeness (QED) is 0.0202. The van der Waals surface area contributed by atoms with E-state index in [1.165, 1.54) is 25.7 Å². The molecule has 0 N–H and O–H groups in total. The third-order valence-electron chi connectivity index (χ3n) is 9.00. The van der Waals surface area contributed by atoms with Gasteiger partial charge in [-0.1, -0.05) is 192 Å². The van der Waals surface area contributed by atoms with Crippen molar-refractivity contribution in [2.75, 3.05) is 13.2 Å². The number of carbonyl (C=O) groups excluding carboxylic acids is 3. The first-order valence-corrected chi connectivity index (χ1v) is 23.4. The summed E-state index contributed by atoms with van der Waals surface area (Å²) < 4.78 is 16.6. The molecule has 0 bridgehead atoms. The molecule has 0 radical (unpaired) electrons. The van der Waals surface area contributed by atoms with Crippen LogP contribution in [0.2, 0.25) is 0 Å². The van der Waals surface area contributed by atoms with Crippen molar-refractivity contribution >= 4 is 17.9 Å². The predicted octanol–water partition coefficient (Wildman–Crippen LogP) is 15.3. The number of rotatable bonds is 39. The lowest BCUT2D eigenvalue weighted by molar-refractivity contribution is -0.167. The zero-order valence-electron chi connectivity index (χ0n) is 38.4. The van der Waals surface area contributed by atoms with Gasteiger partial charge in [-0.3, -0.25) is 14.4 Å². The van der Waals surface area contributed by atoms with Crippen molar-refractivity contribution in [1.82, 2.24) is 0 Å². The van der Waals surface area contributed by atoms with Gasteiger partial charge in [0.05, 0.1) is 0 Å². The monoisotopic (exact) mass is 839 g/mol. The third-order valence-corrected chi connectivity index (χ3v) is 9.00. The second kappa shape index (κ2) is 48.0. The highest BCUT2D eigenvalue weighted by Gasteiger charge is 2.19. The van der Waals surface area contributed by atoms with E-state index >= 15 is 0 Å². The molecule has 0 aliphatic carbocycles. The van der Waals surface area contributed by atoms with Crippen molar-refractivity contribution in [1.29, 1.82) is 0 Å². The lowest BCUT2D eigenvalue weighted by atomic mass is 10.1. The molecule has 61 heavy (non-hydrogen) atoms.